The van der Waals surface area contributed by atoms with Crippen LogP contribution in [0.25, 0.3) is 33.8 Å². The van der Waals surface area contributed by atoms with Gasteiger partial charge in [0.25, 0.3) is 5.91 Å². The minimum Gasteiger partial charge on any atom is -0.454 e. The van der Waals surface area contributed by atoms with E-state index in [1.165, 1.54) is 11.6 Å². The SMILES string of the molecule is CC(=O)c1nn(-c2ccccc2)/c(=N/NC(=O)c2cc(-c3cc4ccccc4o3)n(-c3ccccc3)n2)s1. The van der Waals surface area contributed by atoms with Crippen LogP contribution in [0.4, 0.5) is 0 Å². The van der Waals surface area contributed by atoms with Gasteiger partial charge in [-0.25, -0.2) is 14.8 Å². The molecule has 3 aromatic heterocycles. The molecule has 0 unspecified atom stereocenters. The van der Waals surface area contributed by atoms with Crippen molar-refractivity contribution in [1.29, 1.82) is 0 Å². The lowest BCUT2D eigenvalue weighted by molar-refractivity contribution is 0.0946. The fourth-order valence-corrected chi connectivity index (χ4v) is 4.69. The number of hydrogen-bond acceptors (Lipinski definition) is 7. The molecule has 1 amide bonds. The highest BCUT2D eigenvalue weighted by atomic mass is 32.1. The first-order chi connectivity index (χ1) is 18.6. The number of rotatable bonds is 6. The number of furan rings is 1. The Bertz CT molecular complexity index is 1810. The molecule has 186 valence electrons. The Balaban J connectivity index is 1.39. The molecule has 0 fully saturated rings. The zero-order valence-electron chi connectivity index (χ0n) is 20.1. The van der Waals surface area contributed by atoms with E-state index in [-0.39, 0.29) is 16.5 Å². The molecule has 10 heteroatoms. The van der Waals surface area contributed by atoms with E-state index in [1.54, 1.807) is 10.7 Å². The summed E-state index contributed by atoms with van der Waals surface area (Å²) in [5.74, 6) is -0.131. The molecule has 0 aliphatic rings. The first-order valence-electron chi connectivity index (χ1n) is 11.7. The number of hydrogen-bond donors (Lipinski definition) is 1. The van der Waals surface area contributed by atoms with Gasteiger partial charge in [-0.15, -0.1) is 5.10 Å². The molecule has 0 bridgehead atoms. The monoisotopic (exact) mass is 520 g/mol. The molecule has 0 atom stereocenters. The average molecular weight is 521 g/mol. The van der Waals surface area contributed by atoms with E-state index >= 15 is 0 Å². The maximum atomic E-state index is 13.2. The van der Waals surface area contributed by atoms with Gasteiger partial charge in [0.1, 0.15) is 11.3 Å². The quantitative estimate of drug-likeness (QED) is 0.246. The summed E-state index contributed by atoms with van der Waals surface area (Å²) < 4.78 is 9.25. The second-order valence-corrected chi connectivity index (χ2v) is 9.31. The third-order valence-corrected chi connectivity index (χ3v) is 6.74. The van der Waals surface area contributed by atoms with Crippen LogP contribution in [0, 0.1) is 0 Å². The van der Waals surface area contributed by atoms with E-state index in [1.807, 2.05) is 91.0 Å². The number of nitrogens with one attached hydrogen (secondary N) is 1. The van der Waals surface area contributed by atoms with Crippen molar-refractivity contribution in [1.82, 2.24) is 25.0 Å². The lowest BCUT2D eigenvalue weighted by atomic mass is 10.2. The standard InChI is InChI=1S/C28H20N6O3S/c1-18(35)27-32-34(21-13-6-3-7-14-21)28(38-27)30-29-26(36)22-17-23(33(31-22)20-11-4-2-5-12-20)25-16-19-10-8-9-15-24(19)37-25/h2-17H,1H3,(H,29,36)/b30-28-. The lowest BCUT2D eigenvalue weighted by Gasteiger charge is -2.04. The summed E-state index contributed by atoms with van der Waals surface area (Å²) >= 11 is 1.08. The molecular weight excluding hydrogens is 500 g/mol. The number of aromatic nitrogens is 4. The lowest BCUT2D eigenvalue weighted by Crippen LogP contribution is -2.24. The van der Waals surface area contributed by atoms with Crippen molar-refractivity contribution in [3.63, 3.8) is 0 Å². The summed E-state index contributed by atoms with van der Waals surface area (Å²) in [6, 6.07) is 30.0. The Morgan fingerprint density at radius 3 is 2.18 bits per heavy atom. The molecule has 0 saturated carbocycles. The normalized spacial score (nSPS) is 11.7. The van der Waals surface area contributed by atoms with Crippen LogP contribution in [0.2, 0.25) is 0 Å². The summed E-state index contributed by atoms with van der Waals surface area (Å²) in [6.45, 7) is 1.44. The van der Waals surface area contributed by atoms with Gasteiger partial charge in [-0.1, -0.05) is 65.9 Å². The van der Waals surface area contributed by atoms with Gasteiger partial charge < -0.3 is 4.42 Å². The average Bonchev–Trinajstić information content (AvgIpc) is 3.69. The second-order valence-electron chi connectivity index (χ2n) is 8.36. The largest absolute Gasteiger partial charge is 0.454 e. The summed E-state index contributed by atoms with van der Waals surface area (Å²) in [4.78, 5) is 25.5. The van der Waals surface area contributed by atoms with Gasteiger partial charge in [0.05, 0.1) is 11.4 Å². The minimum absolute atomic E-state index is 0.149. The Hall–Kier alpha value is -5.09. The van der Waals surface area contributed by atoms with Gasteiger partial charge in [-0.3, -0.25) is 9.59 Å². The second kappa shape index (κ2) is 9.75. The number of ketones is 1. The summed E-state index contributed by atoms with van der Waals surface area (Å²) in [5.41, 5.74) is 5.56. The summed E-state index contributed by atoms with van der Waals surface area (Å²) in [5, 5.41) is 14.4. The Morgan fingerprint density at radius 2 is 1.50 bits per heavy atom. The first-order valence-corrected chi connectivity index (χ1v) is 12.5. The molecule has 0 saturated heterocycles. The van der Waals surface area contributed by atoms with Crippen molar-refractivity contribution >= 4 is 34.0 Å². The van der Waals surface area contributed by atoms with Crippen molar-refractivity contribution in [3.8, 4) is 22.8 Å². The third kappa shape index (κ3) is 4.44. The van der Waals surface area contributed by atoms with Gasteiger partial charge in [-0.05, 0) is 36.4 Å². The van der Waals surface area contributed by atoms with E-state index < -0.39 is 5.91 Å². The van der Waals surface area contributed by atoms with E-state index in [0.29, 0.717) is 21.9 Å². The number of nitrogens with zero attached hydrogens (tertiary/aromatic N) is 5. The van der Waals surface area contributed by atoms with Gasteiger partial charge in [-0.2, -0.15) is 10.2 Å². The van der Waals surface area contributed by atoms with Crippen LogP contribution in [-0.4, -0.2) is 31.3 Å². The molecule has 1 N–H and O–H groups in total. The van der Waals surface area contributed by atoms with Crippen LogP contribution >= 0.6 is 11.3 Å². The molecular formula is C28H20N6O3S. The summed E-state index contributed by atoms with van der Waals surface area (Å²) in [7, 11) is 0. The molecule has 0 spiro atoms. The third-order valence-electron chi connectivity index (χ3n) is 5.74. The van der Waals surface area contributed by atoms with Gasteiger partial charge in [0.15, 0.2) is 22.2 Å². The number of para-hydroxylation sites is 3. The van der Waals surface area contributed by atoms with Crippen LogP contribution < -0.4 is 10.2 Å². The number of carbonyl (C=O) groups excluding carboxylic acids is 2. The van der Waals surface area contributed by atoms with Crippen molar-refractivity contribution < 1.29 is 14.0 Å². The number of amides is 1. The van der Waals surface area contributed by atoms with Gasteiger partial charge in [0, 0.05) is 18.4 Å². The molecule has 3 aromatic carbocycles. The fourth-order valence-electron chi connectivity index (χ4n) is 3.93. The van der Waals surface area contributed by atoms with Crippen LogP contribution in [0.1, 0.15) is 27.2 Å². The predicted octanol–water partition coefficient (Wildman–Crippen LogP) is 4.98. The highest BCUT2D eigenvalue weighted by molar-refractivity contribution is 7.10. The summed E-state index contributed by atoms with van der Waals surface area (Å²) in [6.07, 6.45) is 0. The highest BCUT2D eigenvalue weighted by Gasteiger charge is 2.20. The number of fused-ring (bicyclic) bond motifs is 1. The highest BCUT2D eigenvalue weighted by Crippen LogP contribution is 2.30. The van der Waals surface area contributed by atoms with E-state index in [0.717, 1.165) is 28.0 Å². The van der Waals surface area contributed by atoms with Crippen molar-refractivity contribution in [2.45, 2.75) is 6.92 Å². The molecule has 38 heavy (non-hydrogen) atoms. The van der Waals surface area contributed by atoms with Crippen molar-refractivity contribution in [3.05, 3.63) is 113 Å². The van der Waals surface area contributed by atoms with Crippen LogP contribution in [0.3, 0.4) is 0 Å². The van der Waals surface area contributed by atoms with E-state index in [2.05, 4.69) is 20.7 Å². The zero-order valence-corrected chi connectivity index (χ0v) is 20.9. The van der Waals surface area contributed by atoms with E-state index in [4.69, 9.17) is 4.42 Å². The van der Waals surface area contributed by atoms with Crippen LogP contribution in [0.5, 0.6) is 0 Å². The predicted molar refractivity (Wildman–Crippen MR) is 143 cm³/mol. The maximum Gasteiger partial charge on any atom is 0.291 e. The molecule has 0 radical (unpaired) electrons. The fraction of sp³-hybridized carbons (Fsp3) is 0.0357. The molecule has 6 rings (SSSR count). The number of carbonyl (C=O) groups is 2. The van der Waals surface area contributed by atoms with E-state index in [9.17, 15) is 9.59 Å². The van der Waals surface area contributed by atoms with Crippen molar-refractivity contribution in [2.75, 3.05) is 0 Å². The molecule has 9 nitrogen and oxygen atoms in total. The van der Waals surface area contributed by atoms with Crippen LogP contribution in [-0.2, 0) is 0 Å². The van der Waals surface area contributed by atoms with Gasteiger partial charge in [0.2, 0.25) is 4.80 Å². The molecule has 3 heterocycles. The number of benzene rings is 3. The smallest absolute Gasteiger partial charge is 0.291 e. The number of Topliss-reactive ketones (excluding diaryl/α,β-unsaturated/α-hetero) is 1. The van der Waals surface area contributed by atoms with Crippen molar-refractivity contribution in [2.24, 2.45) is 5.10 Å². The molecule has 6 aromatic rings. The van der Waals surface area contributed by atoms with Crippen LogP contribution in [0.15, 0.2) is 107 Å². The van der Waals surface area contributed by atoms with Gasteiger partial charge >= 0.3 is 0 Å². The Morgan fingerprint density at radius 1 is 0.842 bits per heavy atom. The topological polar surface area (TPSA) is 107 Å². The minimum atomic E-state index is -0.519. The molecule has 0 aliphatic carbocycles. The zero-order chi connectivity index (χ0) is 26.1. The first kappa shape index (κ1) is 23.3. The Labute approximate surface area is 220 Å². The maximum absolute atomic E-state index is 13.2. The molecule has 0 aliphatic heterocycles. The Kier molecular flexibility index (Phi) is 5.98.